The number of benzene rings is 1. The van der Waals surface area contributed by atoms with Gasteiger partial charge in [0.25, 0.3) is 0 Å². The molecule has 0 saturated carbocycles. The summed E-state index contributed by atoms with van der Waals surface area (Å²) in [5.74, 6) is 0.783. The van der Waals surface area contributed by atoms with Crippen LogP contribution in [0.25, 0.3) is 0 Å². The van der Waals surface area contributed by atoms with Gasteiger partial charge in [0.05, 0.1) is 11.0 Å². The fourth-order valence-corrected chi connectivity index (χ4v) is 1.99. The number of carbonyl (C=O) groups is 1. The fraction of sp³-hybridized carbons (Fsp3) is 0.500. The molecule has 1 aromatic rings. The quantitative estimate of drug-likeness (QED) is 0.806. The van der Waals surface area contributed by atoms with Crippen LogP contribution in [0.5, 0.6) is 5.75 Å². The molecule has 2 unspecified atom stereocenters. The maximum atomic E-state index is 11.7. The second-order valence-corrected chi connectivity index (χ2v) is 5.42. The van der Waals surface area contributed by atoms with Gasteiger partial charge in [0.15, 0.2) is 0 Å². The summed E-state index contributed by atoms with van der Waals surface area (Å²) in [6.07, 6.45) is -0.0792. The molecule has 5 heteroatoms. The normalized spacial score (nSPS) is 13.7. The lowest BCUT2D eigenvalue weighted by Gasteiger charge is -2.18. The van der Waals surface area contributed by atoms with Gasteiger partial charge in [0, 0.05) is 12.5 Å². The highest BCUT2D eigenvalue weighted by molar-refractivity contribution is 9.10. The van der Waals surface area contributed by atoms with Gasteiger partial charge in [0.2, 0.25) is 5.91 Å². The molecular weight excluding hydrogens is 308 g/mol. The van der Waals surface area contributed by atoms with Gasteiger partial charge in [-0.15, -0.1) is 0 Å². The van der Waals surface area contributed by atoms with E-state index >= 15 is 0 Å². The molecule has 0 aliphatic carbocycles. The van der Waals surface area contributed by atoms with Crippen molar-refractivity contribution in [2.24, 2.45) is 5.92 Å². The maximum Gasteiger partial charge on any atom is 0.224 e. The third-order valence-electron chi connectivity index (χ3n) is 2.69. The Morgan fingerprint density at radius 1 is 1.32 bits per heavy atom. The zero-order chi connectivity index (χ0) is 14.3. The van der Waals surface area contributed by atoms with E-state index in [9.17, 15) is 4.79 Å². The Bertz CT molecular complexity index is 412. The number of nitrogens with one attached hydrogen (secondary N) is 2. The molecule has 4 nitrogen and oxygen atoms in total. The molecule has 0 aliphatic rings. The van der Waals surface area contributed by atoms with Crippen LogP contribution >= 0.6 is 15.9 Å². The number of amides is 1. The van der Waals surface area contributed by atoms with E-state index in [0.29, 0.717) is 13.1 Å². The average molecular weight is 329 g/mol. The van der Waals surface area contributed by atoms with Crippen molar-refractivity contribution < 1.29 is 9.53 Å². The molecule has 0 saturated heterocycles. The minimum Gasteiger partial charge on any atom is -0.488 e. The van der Waals surface area contributed by atoms with Crippen LogP contribution in [0, 0.1) is 5.92 Å². The van der Waals surface area contributed by atoms with Crippen LogP contribution in [-0.4, -0.2) is 32.1 Å². The average Bonchev–Trinajstić information content (AvgIpc) is 2.39. The molecule has 0 heterocycles. The molecule has 2 N–H and O–H groups in total. The summed E-state index contributed by atoms with van der Waals surface area (Å²) < 4.78 is 6.67. The van der Waals surface area contributed by atoms with Gasteiger partial charge < -0.3 is 15.4 Å². The second-order valence-electron chi connectivity index (χ2n) is 4.56. The van der Waals surface area contributed by atoms with Crippen LogP contribution < -0.4 is 15.4 Å². The Hall–Kier alpha value is -1.07. The Morgan fingerprint density at radius 3 is 2.63 bits per heavy atom. The van der Waals surface area contributed by atoms with Crippen molar-refractivity contribution in [2.75, 3.05) is 20.1 Å². The molecule has 0 fully saturated rings. The van der Waals surface area contributed by atoms with Crippen molar-refractivity contribution >= 4 is 21.8 Å². The summed E-state index contributed by atoms with van der Waals surface area (Å²) in [5, 5.41) is 5.87. The molecule has 0 radical (unpaired) electrons. The molecule has 1 amide bonds. The summed E-state index contributed by atoms with van der Waals surface area (Å²) in [6, 6.07) is 7.67. The Balaban J connectivity index is 2.38. The van der Waals surface area contributed by atoms with E-state index < -0.39 is 0 Å². The molecule has 0 aromatic heterocycles. The Kier molecular flexibility index (Phi) is 6.87. The second kappa shape index (κ2) is 8.17. The van der Waals surface area contributed by atoms with E-state index in [1.165, 1.54) is 0 Å². The van der Waals surface area contributed by atoms with Gasteiger partial charge >= 0.3 is 0 Å². The van der Waals surface area contributed by atoms with Crippen LogP contribution in [-0.2, 0) is 4.79 Å². The minimum atomic E-state index is -0.0792. The summed E-state index contributed by atoms with van der Waals surface area (Å²) in [5.41, 5.74) is 0. The highest BCUT2D eigenvalue weighted by Crippen LogP contribution is 2.24. The number of hydrogen-bond donors (Lipinski definition) is 2. The van der Waals surface area contributed by atoms with Gasteiger partial charge in [-0.25, -0.2) is 0 Å². The third kappa shape index (κ3) is 5.61. The van der Waals surface area contributed by atoms with Crippen LogP contribution in [0.15, 0.2) is 28.7 Å². The van der Waals surface area contributed by atoms with Gasteiger partial charge in [0.1, 0.15) is 11.9 Å². The molecule has 1 rings (SSSR count). The molecule has 1 aromatic carbocycles. The Morgan fingerprint density at radius 2 is 2.00 bits per heavy atom. The van der Waals surface area contributed by atoms with Crippen LogP contribution in [0.3, 0.4) is 0 Å². The fourth-order valence-electron chi connectivity index (χ4n) is 1.62. The van der Waals surface area contributed by atoms with Crippen molar-refractivity contribution in [1.82, 2.24) is 10.6 Å². The first-order chi connectivity index (χ1) is 9.04. The minimum absolute atomic E-state index is 0.0388. The largest absolute Gasteiger partial charge is 0.488 e. The maximum absolute atomic E-state index is 11.7. The first kappa shape index (κ1) is 16.0. The number of para-hydroxylation sites is 1. The van der Waals surface area contributed by atoms with Crippen LogP contribution in [0.4, 0.5) is 0 Å². The summed E-state index contributed by atoms with van der Waals surface area (Å²) in [6.45, 7) is 4.99. The first-order valence-corrected chi connectivity index (χ1v) is 7.17. The van der Waals surface area contributed by atoms with E-state index in [1.807, 2.05) is 45.2 Å². The van der Waals surface area contributed by atoms with Crippen molar-refractivity contribution in [1.29, 1.82) is 0 Å². The summed E-state index contributed by atoms with van der Waals surface area (Å²) in [4.78, 5) is 11.7. The predicted molar refractivity (Wildman–Crippen MR) is 80.3 cm³/mol. The molecule has 2 atom stereocenters. The van der Waals surface area contributed by atoms with Gasteiger partial charge in [-0.05, 0) is 42.0 Å². The van der Waals surface area contributed by atoms with Crippen LogP contribution in [0.2, 0.25) is 0 Å². The van der Waals surface area contributed by atoms with E-state index in [2.05, 4.69) is 26.6 Å². The van der Waals surface area contributed by atoms with E-state index in [-0.39, 0.29) is 17.9 Å². The number of rotatable bonds is 7. The third-order valence-corrected chi connectivity index (χ3v) is 3.34. The molecule has 0 spiro atoms. The van der Waals surface area contributed by atoms with Crippen molar-refractivity contribution in [3.63, 3.8) is 0 Å². The lowest BCUT2D eigenvalue weighted by atomic mass is 10.1. The molecule has 0 aliphatic heterocycles. The Labute approximate surface area is 123 Å². The number of hydrogen-bond acceptors (Lipinski definition) is 3. The SMILES string of the molecule is CNCC(C)C(=O)NCC(C)Oc1ccccc1Br. The van der Waals surface area contributed by atoms with Gasteiger partial charge in [-0.2, -0.15) is 0 Å². The van der Waals surface area contributed by atoms with Crippen molar-refractivity contribution in [2.45, 2.75) is 20.0 Å². The monoisotopic (exact) mass is 328 g/mol. The van der Waals surface area contributed by atoms with E-state index in [0.717, 1.165) is 10.2 Å². The number of ether oxygens (including phenoxy) is 1. The molecule has 106 valence electrons. The zero-order valence-corrected chi connectivity index (χ0v) is 13.2. The highest BCUT2D eigenvalue weighted by atomic mass is 79.9. The van der Waals surface area contributed by atoms with E-state index in [1.54, 1.807) is 0 Å². The van der Waals surface area contributed by atoms with E-state index in [4.69, 9.17) is 4.74 Å². The van der Waals surface area contributed by atoms with Gasteiger partial charge in [-0.1, -0.05) is 19.1 Å². The predicted octanol–water partition coefficient (Wildman–Crippen LogP) is 2.19. The van der Waals surface area contributed by atoms with Crippen molar-refractivity contribution in [3.8, 4) is 5.75 Å². The summed E-state index contributed by atoms with van der Waals surface area (Å²) in [7, 11) is 1.84. The highest BCUT2D eigenvalue weighted by Gasteiger charge is 2.13. The topological polar surface area (TPSA) is 50.4 Å². The standard InChI is InChI=1S/C14H21BrN2O2/c1-10(8-16-3)14(18)17-9-11(2)19-13-7-5-4-6-12(13)15/h4-7,10-11,16H,8-9H2,1-3H3,(H,17,18). The molecular formula is C14H21BrN2O2. The van der Waals surface area contributed by atoms with Gasteiger partial charge in [-0.3, -0.25) is 4.79 Å². The zero-order valence-electron chi connectivity index (χ0n) is 11.6. The number of carbonyl (C=O) groups excluding carboxylic acids is 1. The summed E-state index contributed by atoms with van der Waals surface area (Å²) >= 11 is 3.43. The number of halogens is 1. The van der Waals surface area contributed by atoms with Crippen molar-refractivity contribution in [3.05, 3.63) is 28.7 Å². The molecule has 0 bridgehead atoms. The smallest absolute Gasteiger partial charge is 0.224 e. The lowest BCUT2D eigenvalue weighted by Crippen LogP contribution is -2.39. The lowest BCUT2D eigenvalue weighted by molar-refractivity contribution is -0.124. The van der Waals surface area contributed by atoms with Crippen LogP contribution in [0.1, 0.15) is 13.8 Å². The molecule has 19 heavy (non-hydrogen) atoms. The first-order valence-electron chi connectivity index (χ1n) is 6.38.